The molecule has 0 aliphatic rings. The Hall–Kier alpha value is -3.87. The summed E-state index contributed by atoms with van der Waals surface area (Å²) in [4.78, 5) is 35.0. The lowest BCUT2D eigenvalue weighted by molar-refractivity contribution is -0.124. The number of hydrogen-bond acceptors (Lipinski definition) is 6. The molecule has 1 heterocycles. The quantitative estimate of drug-likeness (QED) is 0.350. The van der Waals surface area contributed by atoms with Crippen molar-refractivity contribution in [1.29, 1.82) is 0 Å². The number of carbonyl (C=O) groups excluding carboxylic acids is 2. The van der Waals surface area contributed by atoms with Crippen LogP contribution >= 0.6 is 0 Å². The highest BCUT2D eigenvalue weighted by molar-refractivity contribution is 5.91. The lowest BCUT2D eigenvalue weighted by Gasteiger charge is -2.09. The van der Waals surface area contributed by atoms with Gasteiger partial charge in [-0.05, 0) is 42.3 Å². The maximum atomic E-state index is 12.0. The standard InChI is InChI=1S/C23H21NO6/c1-3-10-24-21(25)14-29-23(27)17-6-4-16(5-7-17)13-28-18-8-9-19-15(2)11-22(26)30-20(19)12-18/h3-9,11-12H,1,10,13-14H2,2H3,(H,24,25). The van der Waals surface area contributed by atoms with E-state index < -0.39 is 17.5 Å². The minimum atomic E-state index is -0.587. The van der Waals surface area contributed by atoms with Gasteiger partial charge in [0.2, 0.25) is 0 Å². The molecular weight excluding hydrogens is 386 g/mol. The Kier molecular flexibility index (Phi) is 6.64. The zero-order valence-electron chi connectivity index (χ0n) is 16.5. The number of benzene rings is 2. The first kappa shape index (κ1) is 20.9. The normalized spacial score (nSPS) is 10.4. The second-order valence-corrected chi connectivity index (χ2v) is 6.56. The van der Waals surface area contributed by atoms with Gasteiger partial charge in [-0.3, -0.25) is 4.79 Å². The third kappa shape index (κ3) is 5.35. The van der Waals surface area contributed by atoms with Crippen LogP contribution in [0.2, 0.25) is 0 Å². The van der Waals surface area contributed by atoms with Crippen molar-refractivity contribution in [1.82, 2.24) is 5.32 Å². The molecule has 1 N–H and O–H groups in total. The Morgan fingerprint density at radius 2 is 1.90 bits per heavy atom. The number of hydrogen-bond donors (Lipinski definition) is 1. The Labute approximate surface area is 172 Å². The number of esters is 1. The molecule has 0 bridgehead atoms. The molecule has 1 aromatic heterocycles. The van der Waals surface area contributed by atoms with Gasteiger partial charge in [0.1, 0.15) is 17.9 Å². The second kappa shape index (κ2) is 9.56. The van der Waals surface area contributed by atoms with E-state index in [2.05, 4.69) is 11.9 Å². The molecule has 0 fully saturated rings. The lowest BCUT2D eigenvalue weighted by Crippen LogP contribution is -2.28. The molecule has 0 saturated carbocycles. The molecule has 1 amide bonds. The van der Waals surface area contributed by atoms with Gasteiger partial charge in [0, 0.05) is 24.1 Å². The fourth-order valence-corrected chi connectivity index (χ4v) is 2.75. The summed E-state index contributed by atoms with van der Waals surface area (Å²) in [5.41, 5.74) is 2.07. The fraction of sp³-hybridized carbons (Fsp3) is 0.174. The predicted molar refractivity (Wildman–Crippen MR) is 111 cm³/mol. The summed E-state index contributed by atoms with van der Waals surface area (Å²) in [5.74, 6) is -0.420. The van der Waals surface area contributed by atoms with E-state index >= 15 is 0 Å². The average molecular weight is 407 g/mol. The van der Waals surface area contributed by atoms with Crippen molar-refractivity contribution in [2.45, 2.75) is 13.5 Å². The van der Waals surface area contributed by atoms with E-state index in [1.165, 1.54) is 12.1 Å². The van der Waals surface area contributed by atoms with Crippen LogP contribution in [-0.2, 0) is 16.1 Å². The van der Waals surface area contributed by atoms with Crippen molar-refractivity contribution in [3.8, 4) is 5.75 Å². The highest BCUT2D eigenvalue weighted by Crippen LogP contribution is 2.23. The molecule has 0 atom stereocenters. The number of aryl methyl sites for hydroxylation is 1. The van der Waals surface area contributed by atoms with Crippen molar-refractivity contribution < 1.29 is 23.5 Å². The topological polar surface area (TPSA) is 94.8 Å². The summed E-state index contributed by atoms with van der Waals surface area (Å²) < 4.78 is 15.9. The van der Waals surface area contributed by atoms with Crippen molar-refractivity contribution in [3.05, 3.63) is 88.3 Å². The number of rotatable bonds is 8. The Morgan fingerprint density at radius 1 is 1.13 bits per heavy atom. The third-order valence-electron chi connectivity index (χ3n) is 4.30. The van der Waals surface area contributed by atoms with Crippen molar-refractivity contribution >= 4 is 22.8 Å². The summed E-state index contributed by atoms with van der Waals surface area (Å²) >= 11 is 0. The molecule has 0 aliphatic heterocycles. The van der Waals surface area contributed by atoms with Crippen LogP contribution in [0.25, 0.3) is 11.0 Å². The van der Waals surface area contributed by atoms with E-state index in [9.17, 15) is 14.4 Å². The Bertz CT molecular complexity index is 1130. The predicted octanol–water partition coefficient (Wildman–Crippen LogP) is 3.14. The summed E-state index contributed by atoms with van der Waals surface area (Å²) in [6, 6.07) is 13.4. The van der Waals surface area contributed by atoms with Gasteiger partial charge in [0.25, 0.3) is 5.91 Å². The van der Waals surface area contributed by atoms with Gasteiger partial charge in [-0.1, -0.05) is 18.2 Å². The van der Waals surface area contributed by atoms with Gasteiger partial charge >= 0.3 is 11.6 Å². The van der Waals surface area contributed by atoms with E-state index in [1.807, 2.05) is 13.0 Å². The summed E-state index contributed by atoms with van der Waals surface area (Å²) in [5, 5.41) is 3.37. The molecule has 7 nitrogen and oxygen atoms in total. The average Bonchev–Trinajstić information content (AvgIpc) is 2.74. The first-order valence-corrected chi connectivity index (χ1v) is 9.27. The van der Waals surface area contributed by atoms with E-state index in [0.717, 1.165) is 16.5 Å². The van der Waals surface area contributed by atoms with Crippen LogP contribution in [0, 0.1) is 6.92 Å². The summed E-state index contributed by atoms with van der Waals surface area (Å²) in [7, 11) is 0. The van der Waals surface area contributed by atoms with Crippen LogP contribution in [-0.4, -0.2) is 25.0 Å². The van der Waals surface area contributed by atoms with Gasteiger partial charge < -0.3 is 19.2 Å². The molecule has 30 heavy (non-hydrogen) atoms. The van der Waals surface area contributed by atoms with E-state index in [-0.39, 0.29) is 13.2 Å². The van der Waals surface area contributed by atoms with Crippen LogP contribution in [0.15, 0.2) is 70.4 Å². The first-order valence-electron chi connectivity index (χ1n) is 9.27. The molecule has 0 saturated heterocycles. The number of fused-ring (bicyclic) bond motifs is 1. The van der Waals surface area contributed by atoms with Crippen LogP contribution in [0.1, 0.15) is 21.5 Å². The highest BCUT2D eigenvalue weighted by atomic mass is 16.5. The van der Waals surface area contributed by atoms with Crippen LogP contribution in [0.4, 0.5) is 0 Å². The van der Waals surface area contributed by atoms with Gasteiger partial charge in [-0.15, -0.1) is 6.58 Å². The van der Waals surface area contributed by atoms with Gasteiger partial charge in [-0.2, -0.15) is 0 Å². The second-order valence-electron chi connectivity index (χ2n) is 6.56. The molecule has 2 aromatic carbocycles. The number of carbonyl (C=O) groups is 2. The molecule has 154 valence electrons. The lowest BCUT2D eigenvalue weighted by atomic mass is 10.1. The first-order chi connectivity index (χ1) is 14.5. The molecule has 3 rings (SSSR count). The third-order valence-corrected chi connectivity index (χ3v) is 4.30. The highest BCUT2D eigenvalue weighted by Gasteiger charge is 2.10. The zero-order chi connectivity index (χ0) is 21.5. The van der Waals surface area contributed by atoms with E-state index in [1.54, 1.807) is 36.4 Å². The van der Waals surface area contributed by atoms with Crippen LogP contribution in [0.3, 0.4) is 0 Å². The molecular formula is C23H21NO6. The smallest absolute Gasteiger partial charge is 0.338 e. The van der Waals surface area contributed by atoms with E-state index in [4.69, 9.17) is 13.9 Å². The number of nitrogens with one attached hydrogen (secondary N) is 1. The van der Waals surface area contributed by atoms with Crippen LogP contribution < -0.4 is 15.7 Å². The summed E-state index contributed by atoms with van der Waals surface area (Å²) in [6.45, 7) is 5.56. The Balaban J connectivity index is 1.57. The molecule has 3 aromatic rings. The molecule has 0 aliphatic carbocycles. The largest absolute Gasteiger partial charge is 0.489 e. The van der Waals surface area contributed by atoms with Crippen LogP contribution in [0.5, 0.6) is 5.75 Å². The number of amides is 1. The minimum Gasteiger partial charge on any atom is -0.489 e. The number of ether oxygens (including phenoxy) is 2. The van der Waals surface area contributed by atoms with Crippen molar-refractivity contribution in [2.75, 3.05) is 13.2 Å². The SMILES string of the molecule is C=CCNC(=O)COC(=O)c1ccc(COc2ccc3c(C)cc(=O)oc3c2)cc1. The fourth-order valence-electron chi connectivity index (χ4n) is 2.75. The maximum Gasteiger partial charge on any atom is 0.338 e. The molecule has 0 spiro atoms. The van der Waals surface area contributed by atoms with Crippen molar-refractivity contribution in [2.24, 2.45) is 0 Å². The maximum absolute atomic E-state index is 12.0. The zero-order valence-corrected chi connectivity index (χ0v) is 16.5. The minimum absolute atomic E-state index is 0.265. The monoisotopic (exact) mass is 407 g/mol. The molecule has 7 heteroatoms. The molecule has 0 unspecified atom stereocenters. The van der Waals surface area contributed by atoms with Gasteiger partial charge in [0.05, 0.1) is 5.56 Å². The van der Waals surface area contributed by atoms with Crippen molar-refractivity contribution in [3.63, 3.8) is 0 Å². The Morgan fingerprint density at radius 3 is 2.63 bits per heavy atom. The van der Waals surface area contributed by atoms with Gasteiger partial charge in [0.15, 0.2) is 6.61 Å². The summed E-state index contributed by atoms with van der Waals surface area (Å²) in [6.07, 6.45) is 1.54. The van der Waals surface area contributed by atoms with Gasteiger partial charge in [-0.25, -0.2) is 9.59 Å². The van der Waals surface area contributed by atoms with E-state index in [0.29, 0.717) is 23.4 Å². The molecule has 0 radical (unpaired) electrons.